The van der Waals surface area contributed by atoms with Crippen LogP contribution in [0.1, 0.15) is 17.5 Å². The molecule has 33 heavy (non-hydrogen) atoms. The molecule has 0 unspecified atom stereocenters. The molecule has 0 saturated carbocycles. The molecule has 6 nitrogen and oxygen atoms in total. The Labute approximate surface area is 202 Å². The van der Waals surface area contributed by atoms with Gasteiger partial charge in [-0.25, -0.2) is 4.79 Å². The third kappa shape index (κ3) is 5.78. The molecule has 1 atom stereocenters. The second-order valence-corrected chi connectivity index (χ2v) is 8.43. The van der Waals surface area contributed by atoms with Crippen molar-refractivity contribution in [1.29, 1.82) is 0 Å². The summed E-state index contributed by atoms with van der Waals surface area (Å²) >= 11 is 12.5. The zero-order valence-electron chi connectivity index (χ0n) is 18.0. The number of amides is 2. The smallest absolute Gasteiger partial charge is 0.322 e. The van der Waals surface area contributed by atoms with Gasteiger partial charge in [-0.3, -0.25) is 0 Å². The number of hydrogen-bond donors (Lipinski definition) is 1. The van der Waals surface area contributed by atoms with Crippen molar-refractivity contribution in [3.63, 3.8) is 0 Å². The Kier molecular flexibility index (Phi) is 7.37. The number of para-hydroxylation sites is 2. The molecule has 0 radical (unpaired) electrons. The van der Waals surface area contributed by atoms with Crippen LogP contribution in [-0.2, 0) is 11.4 Å². The number of anilines is 1. The van der Waals surface area contributed by atoms with Crippen LogP contribution in [0.15, 0.2) is 78.0 Å². The van der Waals surface area contributed by atoms with Crippen LogP contribution in [0.25, 0.3) is 0 Å². The lowest BCUT2D eigenvalue weighted by atomic mass is 10.0. The predicted molar refractivity (Wildman–Crippen MR) is 131 cm³/mol. The van der Waals surface area contributed by atoms with Crippen molar-refractivity contribution in [3.05, 3.63) is 94.0 Å². The number of rotatable bonds is 7. The van der Waals surface area contributed by atoms with Crippen molar-refractivity contribution in [2.24, 2.45) is 5.16 Å². The van der Waals surface area contributed by atoms with E-state index >= 15 is 0 Å². The highest BCUT2D eigenvalue weighted by atomic mass is 35.5. The number of oxime groups is 1. The summed E-state index contributed by atoms with van der Waals surface area (Å²) in [6.07, 6.45) is 0.233. The molecule has 1 aliphatic rings. The zero-order valence-corrected chi connectivity index (χ0v) is 19.5. The number of carbonyl (C=O) groups excluding carboxylic acids is 1. The molecule has 0 aromatic heterocycles. The van der Waals surface area contributed by atoms with Gasteiger partial charge in [-0.05, 0) is 35.9 Å². The summed E-state index contributed by atoms with van der Waals surface area (Å²) in [4.78, 5) is 20.6. The van der Waals surface area contributed by atoms with Crippen LogP contribution in [0.4, 0.5) is 10.5 Å². The lowest BCUT2D eigenvalue weighted by molar-refractivity contribution is 0.0608. The van der Waals surface area contributed by atoms with E-state index in [-0.39, 0.29) is 12.1 Å². The summed E-state index contributed by atoms with van der Waals surface area (Å²) in [5, 5.41) is 8.39. The normalized spacial score (nSPS) is 14.9. The van der Waals surface area contributed by atoms with E-state index in [1.165, 1.54) is 0 Å². The molecular weight excluding hydrogens is 461 g/mol. The Balaban J connectivity index is 1.50. The maximum atomic E-state index is 13.3. The molecule has 4 rings (SSSR count). The molecular formula is C25H23Cl2N3O3. The Morgan fingerprint density at radius 3 is 2.70 bits per heavy atom. The molecule has 3 aromatic rings. The summed E-state index contributed by atoms with van der Waals surface area (Å²) in [6.45, 7) is 0.674. The summed E-state index contributed by atoms with van der Waals surface area (Å²) < 4.78 is 5.36. The van der Waals surface area contributed by atoms with Gasteiger partial charge >= 0.3 is 6.03 Å². The van der Waals surface area contributed by atoms with Gasteiger partial charge in [0.25, 0.3) is 0 Å². The first-order chi connectivity index (χ1) is 16.0. The fraction of sp³-hybridized carbons (Fsp3) is 0.200. The zero-order chi connectivity index (χ0) is 23.2. The van der Waals surface area contributed by atoms with Gasteiger partial charge in [0.2, 0.25) is 0 Å². The summed E-state index contributed by atoms with van der Waals surface area (Å²) in [7, 11) is 1.56. The van der Waals surface area contributed by atoms with Gasteiger partial charge in [-0.1, -0.05) is 70.8 Å². The molecule has 0 saturated heterocycles. The number of carbonyl (C=O) groups is 1. The number of halogens is 2. The van der Waals surface area contributed by atoms with Gasteiger partial charge < -0.3 is 19.8 Å². The van der Waals surface area contributed by atoms with Crippen molar-refractivity contribution >= 4 is 40.6 Å². The second-order valence-electron chi connectivity index (χ2n) is 7.59. The number of nitrogens with one attached hydrogen (secondary N) is 1. The number of nitrogens with zero attached hydrogens (tertiary/aromatic N) is 2. The fourth-order valence-corrected chi connectivity index (χ4v) is 4.10. The first-order valence-corrected chi connectivity index (χ1v) is 11.2. The van der Waals surface area contributed by atoms with E-state index in [0.717, 1.165) is 16.8 Å². The summed E-state index contributed by atoms with van der Waals surface area (Å²) in [5.74, 6) is 0.579. The van der Waals surface area contributed by atoms with E-state index < -0.39 is 0 Å². The van der Waals surface area contributed by atoms with Gasteiger partial charge in [-0.15, -0.1) is 0 Å². The third-order valence-corrected chi connectivity index (χ3v) is 5.80. The number of urea groups is 1. The summed E-state index contributed by atoms with van der Waals surface area (Å²) in [6, 6.07) is 21.9. The quantitative estimate of drug-likeness (QED) is 0.433. The van der Waals surface area contributed by atoms with Crippen molar-refractivity contribution in [2.75, 3.05) is 19.0 Å². The lowest BCUT2D eigenvalue weighted by Crippen LogP contribution is -2.40. The minimum atomic E-state index is -0.307. The SMILES string of the molecule is COc1ccccc1NC(=O)N(Cc1cccc(Cl)c1)C[C@H]1CC(c2ccccc2Cl)=NO1. The Bertz CT molecular complexity index is 1170. The molecule has 8 heteroatoms. The van der Waals surface area contributed by atoms with Gasteiger partial charge in [0.1, 0.15) is 5.75 Å². The average Bonchev–Trinajstić information content (AvgIpc) is 3.27. The van der Waals surface area contributed by atoms with Gasteiger partial charge in [0.05, 0.1) is 25.1 Å². The lowest BCUT2D eigenvalue weighted by Gasteiger charge is -2.25. The topological polar surface area (TPSA) is 63.2 Å². The number of benzene rings is 3. The van der Waals surface area contributed by atoms with Crippen molar-refractivity contribution in [2.45, 2.75) is 19.1 Å². The van der Waals surface area contributed by atoms with Gasteiger partial charge in [0.15, 0.2) is 6.10 Å². The number of hydrogen-bond acceptors (Lipinski definition) is 4. The first kappa shape index (κ1) is 23.0. The first-order valence-electron chi connectivity index (χ1n) is 10.4. The van der Waals surface area contributed by atoms with E-state index in [2.05, 4.69) is 10.5 Å². The molecule has 2 amide bonds. The van der Waals surface area contributed by atoms with E-state index in [9.17, 15) is 4.79 Å². The van der Waals surface area contributed by atoms with E-state index in [0.29, 0.717) is 41.0 Å². The number of methoxy groups -OCH3 is 1. The third-order valence-electron chi connectivity index (χ3n) is 5.24. The van der Waals surface area contributed by atoms with Gasteiger partial charge in [-0.2, -0.15) is 0 Å². The van der Waals surface area contributed by atoms with Crippen LogP contribution in [-0.4, -0.2) is 36.4 Å². The maximum Gasteiger partial charge on any atom is 0.322 e. The molecule has 0 fully saturated rings. The second kappa shape index (κ2) is 10.6. The van der Waals surface area contributed by atoms with Crippen LogP contribution >= 0.6 is 23.2 Å². The minimum absolute atomic E-state index is 0.283. The Hall–Kier alpha value is -3.22. The van der Waals surface area contributed by atoms with Crippen molar-refractivity contribution < 1.29 is 14.4 Å². The van der Waals surface area contributed by atoms with E-state index in [1.807, 2.05) is 54.6 Å². The molecule has 1 N–H and O–H groups in total. The average molecular weight is 484 g/mol. The van der Waals surface area contributed by atoms with E-state index in [1.54, 1.807) is 30.2 Å². The van der Waals surface area contributed by atoms with Crippen molar-refractivity contribution in [1.82, 2.24) is 4.90 Å². The van der Waals surface area contributed by atoms with Crippen LogP contribution in [0, 0.1) is 0 Å². The highest BCUT2D eigenvalue weighted by Gasteiger charge is 2.28. The molecule has 0 bridgehead atoms. The highest BCUT2D eigenvalue weighted by molar-refractivity contribution is 6.34. The largest absolute Gasteiger partial charge is 0.495 e. The van der Waals surface area contributed by atoms with E-state index in [4.69, 9.17) is 32.8 Å². The predicted octanol–water partition coefficient (Wildman–Crippen LogP) is 6.23. The summed E-state index contributed by atoms with van der Waals surface area (Å²) in [5.41, 5.74) is 3.09. The monoisotopic (exact) mass is 483 g/mol. The Morgan fingerprint density at radius 1 is 1.12 bits per heavy atom. The molecule has 0 spiro atoms. The minimum Gasteiger partial charge on any atom is -0.495 e. The van der Waals surface area contributed by atoms with Crippen molar-refractivity contribution in [3.8, 4) is 5.75 Å². The molecule has 3 aromatic carbocycles. The van der Waals surface area contributed by atoms with Crippen LogP contribution in [0.3, 0.4) is 0 Å². The Morgan fingerprint density at radius 2 is 1.91 bits per heavy atom. The van der Waals surface area contributed by atoms with Crippen LogP contribution in [0.2, 0.25) is 10.0 Å². The maximum absolute atomic E-state index is 13.3. The molecule has 1 heterocycles. The molecule has 0 aliphatic carbocycles. The van der Waals surface area contributed by atoms with Crippen LogP contribution < -0.4 is 10.1 Å². The van der Waals surface area contributed by atoms with Gasteiger partial charge in [0, 0.05) is 28.6 Å². The fourth-order valence-electron chi connectivity index (χ4n) is 3.64. The number of ether oxygens (including phenoxy) is 1. The highest BCUT2D eigenvalue weighted by Crippen LogP contribution is 2.26. The van der Waals surface area contributed by atoms with Crippen LogP contribution in [0.5, 0.6) is 5.75 Å². The standard InChI is InChI=1S/C25H23Cl2N3O3/c1-32-24-12-5-4-11-22(24)28-25(31)30(15-17-7-6-8-18(26)13-17)16-19-14-23(29-33-19)20-9-2-3-10-21(20)27/h2-13,19H,14-16H2,1H3,(H,28,31)/t19-/m1/s1. The molecule has 170 valence electrons. The molecule has 1 aliphatic heterocycles.